The van der Waals surface area contributed by atoms with Crippen molar-refractivity contribution in [1.29, 1.82) is 0 Å². The van der Waals surface area contributed by atoms with Gasteiger partial charge < -0.3 is 14.6 Å². The minimum absolute atomic E-state index is 0.0666. The molecule has 3 rings (SSSR count). The highest BCUT2D eigenvalue weighted by molar-refractivity contribution is 5.84. The molecule has 20 heavy (non-hydrogen) atoms. The molecule has 1 aromatic heterocycles. The minimum Gasteiger partial charge on any atom is -0.508 e. The first-order chi connectivity index (χ1) is 9.54. The number of rotatable bonds is 1. The lowest BCUT2D eigenvalue weighted by atomic mass is 10.1. The van der Waals surface area contributed by atoms with Crippen molar-refractivity contribution in [3.8, 4) is 22.8 Å². The second-order valence-corrected chi connectivity index (χ2v) is 4.32. The predicted octanol–water partition coefficient (Wildman–Crippen LogP) is 3.01. The Balaban J connectivity index is 2.30. The third-order valence-electron chi connectivity index (χ3n) is 2.90. The van der Waals surface area contributed by atoms with Gasteiger partial charge in [0.25, 0.3) is 0 Å². The fourth-order valence-corrected chi connectivity index (χ4v) is 2.05. The van der Waals surface area contributed by atoms with E-state index in [9.17, 15) is 19.4 Å². The van der Waals surface area contributed by atoms with Gasteiger partial charge >= 0.3 is 0 Å². The summed E-state index contributed by atoms with van der Waals surface area (Å²) in [6, 6.07) is 8.98. The summed E-state index contributed by atoms with van der Waals surface area (Å²) in [5.41, 5.74) is -0.0100. The highest BCUT2D eigenvalue weighted by Crippen LogP contribution is 2.28. The highest BCUT2D eigenvalue weighted by atomic mass is 19.1. The Morgan fingerprint density at radius 2 is 1.85 bits per heavy atom. The molecule has 100 valence electrons. The molecule has 2 aromatic carbocycles. The maximum absolute atomic E-state index is 13.3. The minimum atomic E-state index is -0.640. The van der Waals surface area contributed by atoms with Crippen LogP contribution in [0.15, 0.2) is 51.7 Å². The highest BCUT2D eigenvalue weighted by Gasteiger charge is 2.11. The molecule has 2 N–H and O–H groups in total. The molecule has 3 aromatic rings. The van der Waals surface area contributed by atoms with Crippen molar-refractivity contribution in [2.45, 2.75) is 0 Å². The Labute approximate surface area is 112 Å². The zero-order valence-corrected chi connectivity index (χ0v) is 10.1. The van der Waals surface area contributed by atoms with Crippen LogP contribution < -0.4 is 5.43 Å². The summed E-state index contributed by atoms with van der Waals surface area (Å²) in [5, 5.41) is 19.1. The van der Waals surface area contributed by atoms with E-state index in [1.165, 1.54) is 24.3 Å². The zero-order valence-electron chi connectivity index (χ0n) is 10.1. The van der Waals surface area contributed by atoms with Gasteiger partial charge in [-0.3, -0.25) is 4.79 Å². The van der Waals surface area contributed by atoms with Crippen molar-refractivity contribution in [3.05, 3.63) is 58.5 Å². The molecule has 0 atom stereocenters. The average molecular weight is 272 g/mol. The number of benzene rings is 2. The van der Waals surface area contributed by atoms with Crippen LogP contribution in [-0.4, -0.2) is 10.2 Å². The van der Waals surface area contributed by atoms with E-state index in [2.05, 4.69) is 0 Å². The van der Waals surface area contributed by atoms with Gasteiger partial charge in [0.05, 0.1) is 0 Å². The predicted molar refractivity (Wildman–Crippen MR) is 71.2 cm³/mol. The van der Waals surface area contributed by atoms with Gasteiger partial charge in [-0.05, 0) is 24.3 Å². The van der Waals surface area contributed by atoms with Crippen LogP contribution in [0.4, 0.5) is 4.39 Å². The first kappa shape index (κ1) is 12.2. The van der Waals surface area contributed by atoms with Crippen molar-refractivity contribution >= 4 is 11.0 Å². The Morgan fingerprint density at radius 1 is 1.05 bits per heavy atom. The van der Waals surface area contributed by atoms with Crippen LogP contribution in [0.3, 0.4) is 0 Å². The largest absolute Gasteiger partial charge is 0.508 e. The summed E-state index contributed by atoms with van der Waals surface area (Å²) in [6.07, 6.45) is 0. The van der Waals surface area contributed by atoms with Gasteiger partial charge in [0.1, 0.15) is 34.0 Å². The molecule has 0 unspecified atom stereocenters. The Kier molecular flexibility index (Phi) is 2.68. The van der Waals surface area contributed by atoms with Gasteiger partial charge in [0.15, 0.2) is 5.43 Å². The third-order valence-corrected chi connectivity index (χ3v) is 2.90. The summed E-state index contributed by atoms with van der Waals surface area (Å²) < 4.78 is 18.8. The van der Waals surface area contributed by atoms with E-state index in [-0.39, 0.29) is 33.8 Å². The van der Waals surface area contributed by atoms with E-state index in [0.717, 1.165) is 18.2 Å². The number of halogens is 1. The number of phenolic OH excluding ortho intramolecular Hbond substituents is 2. The summed E-state index contributed by atoms with van der Waals surface area (Å²) in [4.78, 5) is 12.0. The Morgan fingerprint density at radius 3 is 2.60 bits per heavy atom. The first-order valence-electron chi connectivity index (χ1n) is 5.80. The first-order valence-corrected chi connectivity index (χ1v) is 5.80. The monoisotopic (exact) mass is 272 g/mol. The van der Waals surface area contributed by atoms with Gasteiger partial charge in [0.2, 0.25) is 0 Å². The number of phenols is 2. The van der Waals surface area contributed by atoms with Crippen molar-refractivity contribution in [2.75, 3.05) is 0 Å². The van der Waals surface area contributed by atoms with E-state index in [0.29, 0.717) is 0 Å². The van der Waals surface area contributed by atoms with Crippen LogP contribution in [-0.2, 0) is 0 Å². The van der Waals surface area contributed by atoms with Crippen LogP contribution in [0.2, 0.25) is 0 Å². The van der Waals surface area contributed by atoms with Gasteiger partial charge in [0, 0.05) is 17.7 Å². The molecule has 5 heteroatoms. The third kappa shape index (κ3) is 1.99. The SMILES string of the molecule is O=c1cc(-c2cc(O)cc(F)c2)oc2cccc(O)c12. The summed E-state index contributed by atoms with van der Waals surface area (Å²) in [7, 11) is 0. The van der Waals surface area contributed by atoms with Crippen LogP contribution in [0, 0.1) is 5.82 Å². The van der Waals surface area contributed by atoms with E-state index < -0.39 is 11.2 Å². The van der Waals surface area contributed by atoms with E-state index in [4.69, 9.17) is 4.42 Å². The molecule has 0 spiro atoms. The Hall–Kier alpha value is -2.82. The molecule has 0 saturated heterocycles. The average Bonchev–Trinajstić information content (AvgIpc) is 2.37. The summed E-state index contributed by atoms with van der Waals surface area (Å²) in [6.45, 7) is 0. The molecule has 0 radical (unpaired) electrons. The van der Waals surface area contributed by atoms with Crippen molar-refractivity contribution in [3.63, 3.8) is 0 Å². The number of aromatic hydroxyl groups is 2. The van der Waals surface area contributed by atoms with Crippen LogP contribution in [0.1, 0.15) is 0 Å². The van der Waals surface area contributed by atoms with Crippen molar-refractivity contribution in [2.24, 2.45) is 0 Å². The van der Waals surface area contributed by atoms with E-state index >= 15 is 0 Å². The van der Waals surface area contributed by atoms with Crippen LogP contribution >= 0.6 is 0 Å². The lowest BCUT2D eigenvalue weighted by Crippen LogP contribution is -2.00. The fraction of sp³-hybridized carbons (Fsp3) is 0. The van der Waals surface area contributed by atoms with Crippen LogP contribution in [0.25, 0.3) is 22.3 Å². The normalized spacial score (nSPS) is 10.8. The molecule has 0 aliphatic heterocycles. The van der Waals surface area contributed by atoms with Crippen molar-refractivity contribution in [1.82, 2.24) is 0 Å². The van der Waals surface area contributed by atoms with Gasteiger partial charge in [-0.2, -0.15) is 0 Å². The summed E-state index contributed by atoms with van der Waals surface area (Å²) in [5.74, 6) is -0.968. The quantitative estimate of drug-likeness (QED) is 0.714. The van der Waals surface area contributed by atoms with E-state index in [1.807, 2.05) is 0 Å². The molecular weight excluding hydrogens is 263 g/mol. The van der Waals surface area contributed by atoms with Crippen LogP contribution in [0.5, 0.6) is 11.5 Å². The molecule has 0 amide bonds. The molecular formula is C15H9FO4. The molecule has 0 aliphatic rings. The lowest BCUT2D eigenvalue weighted by Gasteiger charge is -2.05. The fourth-order valence-electron chi connectivity index (χ4n) is 2.05. The molecule has 0 saturated carbocycles. The Bertz CT molecular complexity index is 847. The van der Waals surface area contributed by atoms with Gasteiger partial charge in [-0.15, -0.1) is 0 Å². The zero-order chi connectivity index (χ0) is 14.3. The van der Waals surface area contributed by atoms with Gasteiger partial charge in [-0.25, -0.2) is 4.39 Å². The smallest absolute Gasteiger partial charge is 0.197 e. The molecule has 4 nitrogen and oxygen atoms in total. The molecule has 1 heterocycles. The standard InChI is InChI=1S/C15H9FO4/c16-9-4-8(5-10(17)6-9)14-7-12(19)15-11(18)2-1-3-13(15)20-14/h1-7,17-18H. The maximum atomic E-state index is 13.3. The lowest BCUT2D eigenvalue weighted by molar-refractivity contribution is 0.468. The number of hydrogen-bond donors (Lipinski definition) is 2. The second-order valence-electron chi connectivity index (χ2n) is 4.32. The van der Waals surface area contributed by atoms with Gasteiger partial charge in [-0.1, -0.05) is 6.07 Å². The van der Waals surface area contributed by atoms with E-state index in [1.54, 1.807) is 0 Å². The molecule has 0 bridgehead atoms. The molecule has 0 aliphatic carbocycles. The topological polar surface area (TPSA) is 70.7 Å². The molecule has 0 fully saturated rings. The number of fused-ring (bicyclic) bond motifs is 1. The van der Waals surface area contributed by atoms with Crippen molar-refractivity contribution < 1.29 is 19.0 Å². The second kappa shape index (κ2) is 4.38. The number of hydrogen-bond acceptors (Lipinski definition) is 4. The maximum Gasteiger partial charge on any atom is 0.197 e. The summed E-state index contributed by atoms with van der Waals surface area (Å²) >= 11 is 0.